The number of nitrogens with one attached hydrogen (secondary N) is 16. The van der Waals surface area contributed by atoms with Crippen LogP contribution in [0, 0.1) is 11.8 Å². The van der Waals surface area contributed by atoms with Gasteiger partial charge in [0.1, 0.15) is 90.3 Å². The number of fused-ring (bicyclic) bond motifs is 2. The molecule has 6 aromatic rings. The number of benzene rings is 3. The van der Waals surface area contributed by atoms with Crippen molar-refractivity contribution in [1.82, 2.24) is 98.9 Å². The van der Waals surface area contributed by atoms with Gasteiger partial charge in [0.2, 0.25) is 94.5 Å². The Morgan fingerprint density at radius 1 is 0.447 bits per heavy atom. The third-order valence-electron chi connectivity index (χ3n) is 23.6. The summed E-state index contributed by atoms with van der Waals surface area (Å²) < 4.78 is 0. The number of carboxylic acid groups (broad SMARTS) is 4. The fraction of sp³-hybridized carbons (Fsp3) is 0.511. The molecular weight excluding hydrogens is 1880 g/mol. The molecule has 3 aromatic heterocycles. The van der Waals surface area contributed by atoms with E-state index >= 15 is 24.0 Å². The molecule has 5 heterocycles. The average Bonchev–Trinajstić information content (AvgIpc) is 1.73. The molecule has 27 N–H and O–H groups in total. The Morgan fingerprint density at radius 3 is 1.33 bits per heavy atom. The van der Waals surface area contributed by atoms with Crippen LogP contribution in [-0.2, 0) is 122 Å². The topological polar surface area (TPSA) is 744 Å². The molecule has 16 amide bonds. The number of aromatic amines is 3. The minimum absolute atomic E-state index is 0.0456. The van der Waals surface area contributed by atoms with Gasteiger partial charge in [-0.25, -0.2) is 9.78 Å². The number of carboxylic acids is 4. The summed E-state index contributed by atoms with van der Waals surface area (Å²) in [6, 6.07) is -4.84. The summed E-state index contributed by atoms with van der Waals surface area (Å²) in [5, 5.41) is 83.6. The molecule has 0 saturated carbocycles. The van der Waals surface area contributed by atoms with Crippen LogP contribution in [0.5, 0.6) is 5.75 Å². The van der Waals surface area contributed by atoms with Gasteiger partial charge in [-0.1, -0.05) is 76.2 Å². The van der Waals surface area contributed by atoms with Crippen molar-refractivity contribution in [3.05, 3.63) is 120 Å². The van der Waals surface area contributed by atoms with Gasteiger partial charge in [0.25, 0.3) is 0 Å². The number of aromatic nitrogens is 4. The number of phenolic OH excluding ortho intramolecular Hbond substituents is 1. The number of carbonyl (C=O) groups excluding carboxylic acids is 16. The lowest BCUT2D eigenvalue weighted by Gasteiger charge is -2.31. The summed E-state index contributed by atoms with van der Waals surface area (Å²) in [6.07, 6.45) is 1.01. The van der Waals surface area contributed by atoms with E-state index in [4.69, 9.17) is 17.2 Å². The number of thiol groups is 2. The van der Waals surface area contributed by atoms with Crippen molar-refractivity contribution in [3.63, 3.8) is 0 Å². The number of para-hydroxylation sites is 2. The van der Waals surface area contributed by atoms with Gasteiger partial charge >= 0.3 is 23.9 Å². The Hall–Kier alpha value is -14.2. The van der Waals surface area contributed by atoms with Gasteiger partial charge in [-0.15, -0.1) is 0 Å². The molecule has 0 aliphatic carbocycles. The summed E-state index contributed by atoms with van der Waals surface area (Å²) in [6.45, 7) is 6.31. The summed E-state index contributed by atoms with van der Waals surface area (Å²) in [7, 11) is 0. The number of phenols is 1. The standard InChI is InChI=1S/C92H126N22O25S2/c1-47(2)33-63(78(124)99-43-74(117)101-62(92(138)139)17-9-10-30-93)105-80(126)60(25-28-75(118)119)103-86(132)69(44-140)111-82(128)64(34-48(3)4)106-84(130)66(37-51-41-98-58-16-8-6-14-55(51)58)108-79(125)59(24-27-73(95)116)102-83(129)65(36-50-40-97-57-15-7-5-13-54(50)57)107-81(127)61(26-29-76(120)121)104-88(134)72-19-12-32-114(72)91(137)68(35-49-20-22-53(115)23-21-49)110-85(131)67(39-77(122)123)109-87(133)70(45-141)112-89(135)71-18-11-31-113(71)90(136)56(94)38-52-42-96-46-100-52/h5-8,13-16,20-23,40-42,46-48,56,59-72,97-98,115,140-141H,9-12,17-19,24-39,43-45,93-94H2,1-4H3,(H2,95,116)(H,96,100)(H,99,124)(H,101,117)(H,102,129)(H,103,132)(H,104,134)(H,105,126)(H,106,130)(H,107,127)(H,108,125)(H,109,133)(H,110,131)(H,111,128)(H,112,135)(H,118,119)(H,120,121)(H,122,123)(H,138,139)/t56-,59-,60-,61-,62-,63-,64-,65-,66-,67-,68-,69-,70-,71-,72-/m0/s1. The highest BCUT2D eigenvalue weighted by molar-refractivity contribution is 7.80. The number of aromatic hydroxyl groups is 1. The maximum absolute atomic E-state index is 15.4. The van der Waals surface area contributed by atoms with Crippen LogP contribution in [0.15, 0.2) is 97.7 Å². The van der Waals surface area contributed by atoms with E-state index in [2.05, 4.69) is 114 Å². The third-order valence-corrected chi connectivity index (χ3v) is 24.4. The van der Waals surface area contributed by atoms with Crippen molar-refractivity contribution in [2.75, 3.05) is 37.7 Å². The normalized spacial score (nSPS) is 16.2. The van der Waals surface area contributed by atoms with Crippen molar-refractivity contribution in [2.24, 2.45) is 29.0 Å². The Bertz CT molecular complexity index is 5430. The number of carbonyl (C=O) groups is 20. The lowest BCUT2D eigenvalue weighted by atomic mass is 9.99. The molecule has 0 spiro atoms. The van der Waals surface area contributed by atoms with E-state index in [0.717, 1.165) is 4.90 Å². The minimum Gasteiger partial charge on any atom is -0.508 e. The number of aliphatic carboxylic acids is 4. The lowest BCUT2D eigenvalue weighted by molar-refractivity contribution is -0.144. The number of nitrogens with zero attached hydrogens (tertiary/aromatic N) is 3. The maximum Gasteiger partial charge on any atom is 0.326 e. The number of likely N-dealkylation sites (tertiary alicyclic amines) is 2. The molecule has 2 fully saturated rings. The van der Waals surface area contributed by atoms with E-state index in [1.54, 1.807) is 82.4 Å². The molecule has 2 aliphatic rings. The van der Waals surface area contributed by atoms with E-state index in [0.29, 0.717) is 63.5 Å². The predicted octanol–water partition coefficient (Wildman–Crippen LogP) is -2.77. The SMILES string of the molecule is CC(C)C[C@H](NC(=O)[C@H](CCC(=O)O)NC(=O)[C@H](CS)NC(=O)[C@H](CC(C)C)NC(=O)[C@H](Cc1c[nH]c2ccccc12)NC(=O)[C@H](CCC(N)=O)NC(=O)[C@H](Cc1c[nH]c2ccccc12)NC(=O)[C@H](CCC(=O)O)NC(=O)[C@@H]1CCCN1C(=O)[C@H](Cc1ccc(O)cc1)NC(=O)[C@H](CC(=O)O)NC(=O)[C@H](CS)NC(=O)[C@@H]1CCCN1C(=O)[C@@H](N)Cc1cnc[nH]1)C(=O)NCC(=O)N[C@@H](CCCCN)C(=O)O. The molecule has 0 radical (unpaired) electrons. The monoisotopic (exact) mass is 2000 g/mol. The van der Waals surface area contributed by atoms with Crippen LogP contribution in [0.1, 0.15) is 153 Å². The number of imidazole rings is 1. The number of nitrogens with two attached hydrogens (primary N) is 3. The maximum atomic E-state index is 15.4. The Balaban J connectivity index is 1.02. The second-order valence-corrected chi connectivity index (χ2v) is 36.2. The average molecular weight is 2000 g/mol. The van der Waals surface area contributed by atoms with Crippen molar-refractivity contribution in [2.45, 2.75) is 247 Å². The second kappa shape index (κ2) is 54.9. The number of rotatable bonds is 58. The van der Waals surface area contributed by atoms with Crippen LogP contribution in [-0.4, -0.2) is 302 Å². The first-order chi connectivity index (χ1) is 67.0. The van der Waals surface area contributed by atoms with Crippen molar-refractivity contribution < 1.29 is 121 Å². The molecule has 766 valence electrons. The van der Waals surface area contributed by atoms with Crippen LogP contribution in [0.25, 0.3) is 21.8 Å². The number of hydrogen-bond acceptors (Lipinski definition) is 26. The number of hydrogen-bond donors (Lipinski definition) is 26. The first-order valence-electron chi connectivity index (χ1n) is 46.3. The van der Waals surface area contributed by atoms with Crippen LogP contribution < -0.4 is 86.3 Å². The van der Waals surface area contributed by atoms with E-state index in [-0.39, 0.29) is 82.7 Å². The number of unbranched alkanes of at least 4 members (excludes halogenated alkanes) is 1. The number of H-pyrrole nitrogens is 3. The zero-order chi connectivity index (χ0) is 103. The van der Waals surface area contributed by atoms with E-state index in [9.17, 15) is 97.5 Å². The fourth-order valence-electron chi connectivity index (χ4n) is 16.3. The molecule has 8 rings (SSSR count). The quantitative estimate of drug-likeness (QED) is 0.0136. The summed E-state index contributed by atoms with van der Waals surface area (Å²) >= 11 is 8.57. The zero-order valence-corrected chi connectivity index (χ0v) is 80.1. The molecule has 141 heavy (non-hydrogen) atoms. The molecule has 2 aliphatic heterocycles. The van der Waals surface area contributed by atoms with Gasteiger partial charge in [0, 0.05) is 116 Å². The lowest BCUT2D eigenvalue weighted by Crippen LogP contribution is -2.61. The number of primary amides is 1. The van der Waals surface area contributed by atoms with Crippen molar-refractivity contribution in [1.29, 1.82) is 0 Å². The van der Waals surface area contributed by atoms with Gasteiger partial charge < -0.3 is 137 Å². The van der Waals surface area contributed by atoms with Gasteiger partial charge in [-0.2, -0.15) is 25.3 Å². The molecule has 49 heteroatoms. The number of amides is 16. The van der Waals surface area contributed by atoms with Gasteiger partial charge in [0.05, 0.1) is 25.3 Å². The highest BCUT2D eigenvalue weighted by Crippen LogP contribution is 2.27. The first kappa shape index (κ1) is 112. The van der Waals surface area contributed by atoms with Gasteiger partial charge in [-0.05, 0) is 136 Å². The van der Waals surface area contributed by atoms with Crippen LogP contribution in [0.4, 0.5) is 0 Å². The molecule has 2 saturated heterocycles. The van der Waals surface area contributed by atoms with E-state index in [1.165, 1.54) is 47.9 Å². The molecule has 0 bridgehead atoms. The zero-order valence-electron chi connectivity index (χ0n) is 78.3. The van der Waals surface area contributed by atoms with Crippen molar-refractivity contribution >= 4 is 165 Å². The second-order valence-electron chi connectivity index (χ2n) is 35.5. The molecule has 0 unspecified atom stereocenters. The Kier molecular flexibility index (Phi) is 43.7. The predicted molar refractivity (Wildman–Crippen MR) is 513 cm³/mol. The Labute approximate surface area is 820 Å². The summed E-state index contributed by atoms with van der Waals surface area (Å²) in [5.74, 6) is -23.8. The highest BCUT2D eigenvalue weighted by atomic mass is 32.1. The fourth-order valence-corrected chi connectivity index (χ4v) is 16.9. The molecule has 3 aromatic carbocycles. The highest BCUT2D eigenvalue weighted by Gasteiger charge is 2.44. The minimum atomic E-state index is -1.98. The van der Waals surface area contributed by atoms with Gasteiger partial charge in [-0.3, -0.25) is 91.1 Å². The van der Waals surface area contributed by atoms with Crippen LogP contribution >= 0.6 is 25.3 Å². The first-order valence-corrected chi connectivity index (χ1v) is 47.5. The molecule has 47 nitrogen and oxygen atoms in total. The smallest absolute Gasteiger partial charge is 0.326 e. The van der Waals surface area contributed by atoms with Gasteiger partial charge in [0.15, 0.2) is 0 Å². The van der Waals surface area contributed by atoms with E-state index < -0.39 is 291 Å². The summed E-state index contributed by atoms with van der Waals surface area (Å²) in [5.41, 5.74) is 20.3. The van der Waals surface area contributed by atoms with Crippen molar-refractivity contribution in [3.8, 4) is 5.75 Å². The molecular formula is C92H126N22O25S2. The largest absolute Gasteiger partial charge is 0.508 e. The summed E-state index contributed by atoms with van der Waals surface area (Å²) in [4.78, 5) is 294. The van der Waals surface area contributed by atoms with E-state index in [1.807, 2.05) is 0 Å². The van der Waals surface area contributed by atoms with Crippen LogP contribution in [0.2, 0.25) is 0 Å². The molecule has 15 atom stereocenters. The van der Waals surface area contributed by atoms with Crippen LogP contribution in [0.3, 0.4) is 0 Å². The Morgan fingerprint density at radius 2 is 0.865 bits per heavy atom. The third kappa shape index (κ3) is 34.7.